The zero-order valence-electron chi connectivity index (χ0n) is 15.1. The predicted octanol–water partition coefficient (Wildman–Crippen LogP) is 2.05. The number of aromatic amines is 1. The van der Waals surface area contributed by atoms with E-state index < -0.39 is 5.60 Å². The molecule has 3 aromatic heterocycles. The second-order valence-electron chi connectivity index (χ2n) is 6.83. The monoisotopic (exact) mass is 363 g/mol. The number of hydrogen-bond acceptors (Lipinski definition) is 5. The molecule has 0 unspecified atom stereocenters. The van der Waals surface area contributed by atoms with Gasteiger partial charge in [0.05, 0.1) is 5.39 Å². The number of aliphatic hydroxyl groups is 1. The van der Waals surface area contributed by atoms with Crippen LogP contribution in [0.2, 0.25) is 0 Å². The number of rotatable bonds is 2. The number of nitrogens with zero attached hydrogens (tertiary/aromatic N) is 3. The lowest BCUT2D eigenvalue weighted by molar-refractivity contribution is 0.110. The lowest BCUT2D eigenvalue weighted by Crippen LogP contribution is -2.21. The standard InChI is InChI=1S/C20H21N5O2/c1-2-25-17(21)15(18-22-11-12-23-18)16(26)14-6-5-13(24-19(14)25)7-10-20(27)8-3-4-9-20/h5-6,11-12,27H,2-4,8-9,21H2,1H3,(H,22,23). The van der Waals surface area contributed by atoms with Crippen molar-refractivity contribution in [1.29, 1.82) is 0 Å². The molecule has 4 N–H and O–H groups in total. The van der Waals surface area contributed by atoms with Crippen LogP contribution in [0.1, 0.15) is 38.3 Å². The number of pyridine rings is 2. The second kappa shape index (κ2) is 6.56. The fourth-order valence-electron chi connectivity index (χ4n) is 3.62. The van der Waals surface area contributed by atoms with Gasteiger partial charge in [-0.15, -0.1) is 0 Å². The maximum absolute atomic E-state index is 13.0. The van der Waals surface area contributed by atoms with Gasteiger partial charge in [0.25, 0.3) is 0 Å². The first-order valence-electron chi connectivity index (χ1n) is 9.11. The van der Waals surface area contributed by atoms with E-state index >= 15 is 0 Å². The molecule has 27 heavy (non-hydrogen) atoms. The minimum absolute atomic E-state index is 0.219. The van der Waals surface area contributed by atoms with Gasteiger partial charge in [0.2, 0.25) is 5.43 Å². The Hall–Kier alpha value is -3.11. The molecule has 1 saturated carbocycles. The van der Waals surface area contributed by atoms with Gasteiger partial charge in [0, 0.05) is 18.9 Å². The van der Waals surface area contributed by atoms with Crippen LogP contribution in [0.25, 0.3) is 22.4 Å². The third-order valence-electron chi connectivity index (χ3n) is 5.05. The highest BCUT2D eigenvalue weighted by Gasteiger charge is 2.28. The van der Waals surface area contributed by atoms with E-state index in [2.05, 4.69) is 26.8 Å². The number of imidazole rings is 1. The van der Waals surface area contributed by atoms with Crippen LogP contribution >= 0.6 is 0 Å². The highest BCUT2D eigenvalue weighted by molar-refractivity contribution is 5.86. The average molecular weight is 363 g/mol. The van der Waals surface area contributed by atoms with Crippen molar-refractivity contribution in [3.05, 3.63) is 40.4 Å². The van der Waals surface area contributed by atoms with Crippen LogP contribution in [-0.4, -0.2) is 30.2 Å². The highest BCUT2D eigenvalue weighted by atomic mass is 16.3. The van der Waals surface area contributed by atoms with Gasteiger partial charge < -0.3 is 20.4 Å². The molecule has 138 valence electrons. The Bertz CT molecular complexity index is 1110. The number of fused-ring (bicyclic) bond motifs is 1. The SMILES string of the molecule is CCn1c(N)c(-c2ncc[nH]2)c(=O)c2ccc(C#CC3(O)CCCC3)nc21. The van der Waals surface area contributed by atoms with Crippen molar-refractivity contribution in [2.75, 3.05) is 5.73 Å². The summed E-state index contributed by atoms with van der Waals surface area (Å²) in [6, 6.07) is 3.42. The van der Waals surface area contributed by atoms with E-state index in [1.807, 2.05) is 6.92 Å². The zero-order chi connectivity index (χ0) is 19.0. The topological polar surface area (TPSA) is 110 Å². The van der Waals surface area contributed by atoms with Gasteiger partial charge in [-0.25, -0.2) is 9.97 Å². The van der Waals surface area contributed by atoms with E-state index in [0.717, 1.165) is 12.8 Å². The van der Waals surface area contributed by atoms with Gasteiger partial charge in [-0.05, 0) is 50.7 Å². The maximum atomic E-state index is 13.0. The Labute approximate surface area is 156 Å². The van der Waals surface area contributed by atoms with Crippen LogP contribution in [-0.2, 0) is 6.54 Å². The molecule has 0 amide bonds. The molecule has 7 heteroatoms. The Morgan fingerprint density at radius 3 is 2.81 bits per heavy atom. The molecule has 0 aliphatic heterocycles. The van der Waals surface area contributed by atoms with Crippen LogP contribution in [0.15, 0.2) is 29.3 Å². The van der Waals surface area contributed by atoms with Crippen LogP contribution in [0.5, 0.6) is 0 Å². The lowest BCUT2D eigenvalue weighted by Gasteiger charge is -2.15. The normalized spacial score (nSPS) is 15.6. The highest BCUT2D eigenvalue weighted by Crippen LogP contribution is 2.28. The van der Waals surface area contributed by atoms with Gasteiger partial charge in [-0.1, -0.05) is 5.92 Å². The molecule has 0 atom stereocenters. The fraction of sp³-hybridized carbons (Fsp3) is 0.350. The van der Waals surface area contributed by atoms with Crippen molar-refractivity contribution in [1.82, 2.24) is 19.5 Å². The number of nitrogen functional groups attached to an aromatic ring is 1. The molecular formula is C20H21N5O2. The molecule has 3 aromatic rings. The van der Waals surface area contributed by atoms with Gasteiger partial charge in [0.15, 0.2) is 0 Å². The zero-order valence-corrected chi connectivity index (χ0v) is 15.1. The molecule has 7 nitrogen and oxygen atoms in total. The lowest BCUT2D eigenvalue weighted by atomic mass is 10.0. The summed E-state index contributed by atoms with van der Waals surface area (Å²) in [6.45, 7) is 2.48. The molecule has 1 fully saturated rings. The van der Waals surface area contributed by atoms with E-state index in [9.17, 15) is 9.90 Å². The number of nitrogens with two attached hydrogens (primary N) is 1. The van der Waals surface area contributed by atoms with Crippen molar-refractivity contribution in [3.8, 4) is 23.2 Å². The second-order valence-corrected chi connectivity index (χ2v) is 6.83. The van der Waals surface area contributed by atoms with Gasteiger partial charge >= 0.3 is 0 Å². The van der Waals surface area contributed by atoms with Gasteiger partial charge in [-0.2, -0.15) is 0 Å². The van der Waals surface area contributed by atoms with Gasteiger partial charge in [-0.3, -0.25) is 4.79 Å². The van der Waals surface area contributed by atoms with Crippen molar-refractivity contribution in [3.63, 3.8) is 0 Å². The molecular weight excluding hydrogens is 342 g/mol. The first-order chi connectivity index (χ1) is 13.0. The van der Waals surface area contributed by atoms with E-state index in [0.29, 0.717) is 53.3 Å². The summed E-state index contributed by atoms with van der Waals surface area (Å²) in [4.78, 5) is 24.6. The Balaban J connectivity index is 1.89. The number of hydrogen-bond donors (Lipinski definition) is 3. The van der Waals surface area contributed by atoms with Crippen molar-refractivity contribution < 1.29 is 5.11 Å². The summed E-state index contributed by atoms with van der Waals surface area (Å²) in [5.74, 6) is 6.67. The largest absolute Gasteiger partial charge is 0.384 e. The summed E-state index contributed by atoms with van der Waals surface area (Å²) in [5, 5.41) is 10.9. The van der Waals surface area contributed by atoms with Gasteiger partial charge in [0.1, 0.15) is 34.1 Å². The van der Waals surface area contributed by atoms with Crippen molar-refractivity contribution in [2.45, 2.75) is 44.8 Å². The number of nitrogens with one attached hydrogen (secondary N) is 1. The minimum Gasteiger partial charge on any atom is -0.384 e. The van der Waals surface area contributed by atoms with Crippen LogP contribution in [0, 0.1) is 11.8 Å². The Morgan fingerprint density at radius 1 is 1.37 bits per heavy atom. The summed E-state index contributed by atoms with van der Waals surface area (Å²) < 4.78 is 1.78. The Kier molecular flexibility index (Phi) is 4.21. The average Bonchev–Trinajstić information content (AvgIpc) is 3.33. The summed E-state index contributed by atoms with van der Waals surface area (Å²) >= 11 is 0. The van der Waals surface area contributed by atoms with Crippen LogP contribution < -0.4 is 11.2 Å². The number of anilines is 1. The first kappa shape index (κ1) is 17.3. The summed E-state index contributed by atoms with van der Waals surface area (Å²) in [5.41, 5.74) is 6.48. The van der Waals surface area contributed by atoms with Crippen LogP contribution in [0.4, 0.5) is 5.82 Å². The number of H-pyrrole nitrogens is 1. The fourth-order valence-corrected chi connectivity index (χ4v) is 3.62. The third-order valence-corrected chi connectivity index (χ3v) is 5.05. The molecule has 1 aliphatic rings. The molecule has 0 aromatic carbocycles. The molecule has 0 radical (unpaired) electrons. The quantitative estimate of drug-likeness (QED) is 0.604. The minimum atomic E-state index is -0.927. The first-order valence-corrected chi connectivity index (χ1v) is 9.11. The molecule has 1 aliphatic carbocycles. The molecule has 0 saturated heterocycles. The van der Waals surface area contributed by atoms with Crippen molar-refractivity contribution in [2.24, 2.45) is 0 Å². The number of aryl methyl sites for hydroxylation is 1. The smallest absolute Gasteiger partial charge is 0.204 e. The van der Waals surface area contributed by atoms with E-state index in [-0.39, 0.29) is 5.43 Å². The van der Waals surface area contributed by atoms with E-state index in [1.54, 1.807) is 29.1 Å². The number of aromatic nitrogens is 4. The molecule has 4 rings (SSSR count). The van der Waals surface area contributed by atoms with Crippen molar-refractivity contribution >= 4 is 16.9 Å². The molecule has 0 bridgehead atoms. The van der Waals surface area contributed by atoms with E-state index in [4.69, 9.17) is 5.73 Å². The molecule has 3 heterocycles. The predicted molar refractivity (Wildman–Crippen MR) is 104 cm³/mol. The molecule has 0 spiro atoms. The summed E-state index contributed by atoms with van der Waals surface area (Å²) in [6.07, 6.45) is 6.58. The summed E-state index contributed by atoms with van der Waals surface area (Å²) in [7, 11) is 0. The van der Waals surface area contributed by atoms with E-state index in [1.165, 1.54) is 0 Å². The third kappa shape index (κ3) is 2.98. The maximum Gasteiger partial charge on any atom is 0.204 e. The Morgan fingerprint density at radius 2 is 2.15 bits per heavy atom. The van der Waals surface area contributed by atoms with Crippen LogP contribution in [0.3, 0.4) is 0 Å².